The summed E-state index contributed by atoms with van der Waals surface area (Å²) in [6.45, 7) is 8.50. The number of hydrogen-bond donors (Lipinski definition) is 1. The van der Waals surface area contributed by atoms with Gasteiger partial charge in [0.15, 0.2) is 5.82 Å². The molecule has 1 unspecified atom stereocenters. The van der Waals surface area contributed by atoms with Gasteiger partial charge < -0.3 is 14.7 Å². The van der Waals surface area contributed by atoms with Gasteiger partial charge in [-0.1, -0.05) is 19.0 Å². The van der Waals surface area contributed by atoms with Crippen molar-refractivity contribution in [2.24, 2.45) is 0 Å². The summed E-state index contributed by atoms with van der Waals surface area (Å²) in [6, 6.07) is 8.62. The molecule has 124 valence electrons. The topological polar surface area (TPSA) is 54.2 Å². The van der Waals surface area contributed by atoms with Gasteiger partial charge in [-0.15, -0.1) is 0 Å². The van der Waals surface area contributed by atoms with Gasteiger partial charge in [0.25, 0.3) is 0 Å². The number of aromatic nitrogens is 2. The highest BCUT2D eigenvalue weighted by atomic mass is 16.5. The van der Waals surface area contributed by atoms with E-state index in [0.717, 1.165) is 11.5 Å². The van der Waals surface area contributed by atoms with Gasteiger partial charge in [-0.05, 0) is 50.5 Å². The Hall–Kier alpha value is -2.04. The van der Waals surface area contributed by atoms with Crippen LogP contribution in [0.25, 0.3) is 0 Å². The third-order valence-electron chi connectivity index (χ3n) is 4.32. The van der Waals surface area contributed by atoms with E-state index < -0.39 is 0 Å². The average Bonchev–Trinajstić information content (AvgIpc) is 3.07. The molecule has 0 spiro atoms. The van der Waals surface area contributed by atoms with Crippen molar-refractivity contribution in [1.82, 2.24) is 10.1 Å². The van der Waals surface area contributed by atoms with Crippen LogP contribution in [-0.4, -0.2) is 23.2 Å². The smallest absolute Gasteiger partial charge is 0.248 e. The number of hydrogen-bond acceptors (Lipinski definition) is 5. The summed E-state index contributed by atoms with van der Waals surface area (Å²) >= 11 is 0. The second-order valence-corrected chi connectivity index (χ2v) is 6.61. The van der Waals surface area contributed by atoms with Gasteiger partial charge in [-0.2, -0.15) is 4.98 Å². The largest absolute Gasteiger partial charge is 0.374 e. The van der Waals surface area contributed by atoms with Crippen LogP contribution in [0, 0.1) is 0 Å². The van der Waals surface area contributed by atoms with Crippen molar-refractivity contribution in [3.63, 3.8) is 0 Å². The van der Waals surface area contributed by atoms with Crippen LogP contribution in [0.3, 0.4) is 0 Å². The second-order valence-electron chi connectivity index (χ2n) is 6.61. The van der Waals surface area contributed by atoms with Gasteiger partial charge in [-0.3, -0.25) is 0 Å². The highest BCUT2D eigenvalue weighted by Gasteiger charge is 2.16. The van der Waals surface area contributed by atoms with Crippen LogP contribution in [0.15, 0.2) is 28.8 Å². The molecule has 3 rings (SSSR count). The molecule has 0 saturated carbocycles. The van der Waals surface area contributed by atoms with Gasteiger partial charge in [0.2, 0.25) is 5.89 Å². The number of anilines is 2. The van der Waals surface area contributed by atoms with E-state index >= 15 is 0 Å². The Morgan fingerprint density at radius 3 is 2.35 bits per heavy atom. The molecule has 5 nitrogen and oxygen atoms in total. The molecule has 2 aromatic rings. The summed E-state index contributed by atoms with van der Waals surface area (Å²) in [6.07, 6.45) is 3.95. The summed E-state index contributed by atoms with van der Waals surface area (Å²) in [4.78, 5) is 6.91. The first-order valence-corrected chi connectivity index (χ1v) is 8.58. The Morgan fingerprint density at radius 1 is 1.04 bits per heavy atom. The lowest BCUT2D eigenvalue weighted by Gasteiger charge is -2.29. The molecule has 0 bridgehead atoms. The Balaban J connectivity index is 1.62. The Kier molecular flexibility index (Phi) is 4.84. The van der Waals surface area contributed by atoms with Crippen LogP contribution in [0.4, 0.5) is 11.4 Å². The lowest BCUT2D eigenvalue weighted by molar-refractivity contribution is 0.361. The van der Waals surface area contributed by atoms with Gasteiger partial charge >= 0.3 is 0 Å². The maximum absolute atomic E-state index is 5.35. The summed E-state index contributed by atoms with van der Waals surface area (Å²) in [5.74, 6) is 1.67. The zero-order valence-electron chi connectivity index (χ0n) is 14.2. The molecule has 1 N–H and O–H groups in total. The highest BCUT2D eigenvalue weighted by molar-refractivity contribution is 5.55. The fourth-order valence-corrected chi connectivity index (χ4v) is 2.89. The predicted molar refractivity (Wildman–Crippen MR) is 92.9 cm³/mol. The van der Waals surface area contributed by atoms with Crippen molar-refractivity contribution in [1.29, 1.82) is 0 Å². The fourth-order valence-electron chi connectivity index (χ4n) is 2.89. The van der Waals surface area contributed by atoms with Gasteiger partial charge in [-0.25, -0.2) is 0 Å². The van der Waals surface area contributed by atoms with E-state index in [9.17, 15) is 0 Å². The molecule has 1 aliphatic rings. The molecule has 1 atom stereocenters. The molecule has 1 saturated heterocycles. The average molecular weight is 314 g/mol. The SMILES string of the molecule is CC(C)c1noc(C(C)Nc2ccc(N3CCCCC3)cc2)n1. The number of rotatable bonds is 5. The third kappa shape index (κ3) is 3.84. The first kappa shape index (κ1) is 15.8. The van der Waals surface area contributed by atoms with Crippen LogP contribution in [0.1, 0.15) is 63.7 Å². The molecule has 1 aliphatic heterocycles. The maximum Gasteiger partial charge on any atom is 0.248 e. The predicted octanol–water partition coefficient (Wildman–Crippen LogP) is 4.36. The quantitative estimate of drug-likeness (QED) is 0.889. The molecule has 23 heavy (non-hydrogen) atoms. The molecule has 5 heteroatoms. The monoisotopic (exact) mass is 314 g/mol. The van der Waals surface area contributed by atoms with E-state index in [-0.39, 0.29) is 12.0 Å². The molecule has 0 radical (unpaired) electrons. The van der Waals surface area contributed by atoms with E-state index in [1.165, 1.54) is 38.0 Å². The summed E-state index contributed by atoms with van der Waals surface area (Å²) in [7, 11) is 0. The number of nitrogens with zero attached hydrogens (tertiary/aromatic N) is 3. The zero-order valence-corrected chi connectivity index (χ0v) is 14.2. The van der Waals surface area contributed by atoms with Crippen molar-refractivity contribution < 1.29 is 4.52 Å². The Bertz CT molecular complexity index is 614. The van der Waals surface area contributed by atoms with E-state index in [0.29, 0.717) is 5.89 Å². The molecule has 2 heterocycles. The number of nitrogens with one attached hydrogen (secondary N) is 1. The first-order chi connectivity index (χ1) is 11.1. The summed E-state index contributed by atoms with van der Waals surface area (Å²) in [5.41, 5.74) is 2.38. The lowest BCUT2D eigenvalue weighted by atomic mass is 10.1. The van der Waals surface area contributed by atoms with Gasteiger partial charge in [0, 0.05) is 30.4 Å². The minimum Gasteiger partial charge on any atom is -0.374 e. The molecule has 1 fully saturated rings. The van der Waals surface area contributed by atoms with Crippen molar-refractivity contribution in [3.8, 4) is 0 Å². The molecule has 0 aliphatic carbocycles. The third-order valence-corrected chi connectivity index (χ3v) is 4.32. The molecule has 1 aromatic heterocycles. The second kappa shape index (κ2) is 7.02. The molecular formula is C18H26N4O. The number of piperidine rings is 1. The minimum absolute atomic E-state index is 0.00385. The van der Waals surface area contributed by atoms with Crippen molar-refractivity contribution in [2.45, 2.75) is 52.0 Å². The lowest BCUT2D eigenvalue weighted by Crippen LogP contribution is -2.29. The zero-order chi connectivity index (χ0) is 16.2. The van der Waals surface area contributed by atoms with E-state index in [4.69, 9.17) is 4.52 Å². The summed E-state index contributed by atoms with van der Waals surface area (Å²) < 4.78 is 5.35. The van der Waals surface area contributed by atoms with E-state index in [2.05, 4.69) is 58.5 Å². The molecule has 0 amide bonds. The van der Waals surface area contributed by atoms with Crippen LogP contribution in [-0.2, 0) is 0 Å². The minimum atomic E-state index is -0.00385. The van der Waals surface area contributed by atoms with Crippen molar-refractivity contribution >= 4 is 11.4 Å². The van der Waals surface area contributed by atoms with E-state index in [1.54, 1.807) is 0 Å². The van der Waals surface area contributed by atoms with Crippen molar-refractivity contribution in [3.05, 3.63) is 36.0 Å². The number of benzene rings is 1. The highest BCUT2D eigenvalue weighted by Crippen LogP contribution is 2.24. The maximum atomic E-state index is 5.35. The van der Waals surface area contributed by atoms with Crippen LogP contribution in [0.5, 0.6) is 0 Å². The Morgan fingerprint density at radius 2 is 1.74 bits per heavy atom. The van der Waals surface area contributed by atoms with Gasteiger partial charge in [0.1, 0.15) is 6.04 Å². The van der Waals surface area contributed by atoms with Crippen molar-refractivity contribution in [2.75, 3.05) is 23.3 Å². The Labute approximate surface area is 138 Å². The first-order valence-electron chi connectivity index (χ1n) is 8.58. The fraction of sp³-hybridized carbons (Fsp3) is 0.556. The molecular weight excluding hydrogens is 288 g/mol. The summed E-state index contributed by atoms with van der Waals surface area (Å²) in [5, 5.41) is 7.45. The normalized spacial score (nSPS) is 16.6. The van der Waals surface area contributed by atoms with E-state index in [1.807, 2.05) is 6.92 Å². The molecule has 1 aromatic carbocycles. The van der Waals surface area contributed by atoms with Crippen LogP contribution in [0.2, 0.25) is 0 Å². The van der Waals surface area contributed by atoms with Gasteiger partial charge in [0.05, 0.1) is 0 Å². The standard InChI is InChI=1S/C18H26N4O/c1-13(2)17-20-18(23-21-17)14(3)19-15-7-9-16(10-8-15)22-11-5-4-6-12-22/h7-10,13-14,19H,4-6,11-12H2,1-3H3. The van der Waals surface area contributed by atoms with Crippen LogP contribution < -0.4 is 10.2 Å². The van der Waals surface area contributed by atoms with Crippen LogP contribution >= 0.6 is 0 Å².